The van der Waals surface area contributed by atoms with Gasteiger partial charge in [0.25, 0.3) is 0 Å². The third-order valence-electron chi connectivity index (χ3n) is 5.23. The molecule has 1 unspecified atom stereocenters. The van der Waals surface area contributed by atoms with Crippen molar-refractivity contribution in [3.05, 3.63) is 22.7 Å². The summed E-state index contributed by atoms with van der Waals surface area (Å²) in [6.45, 7) is 9.01. The van der Waals surface area contributed by atoms with Crippen LogP contribution in [0.2, 0.25) is 5.02 Å². The maximum Gasteiger partial charge on any atom is 0.162 e. The van der Waals surface area contributed by atoms with Crippen LogP contribution in [-0.2, 0) is 0 Å². The number of halogens is 2. The Morgan fingerprint density at radius 1 is 1.00 bits per heavy atom. The average Bonchev–Trinajstić information content (AvgIpc) is 2.78. The summed E-state index contributed by atoms with van der Waals surface area (Å²) in [5, 5.41) is 0.494. The van der Waals surface area contributed by atoms with Crippen molar-refractivity contribution in [2.24, 2.45) is 16.7 Å². The van der Waals surface area contributed by atoms with Gasteiger partial charge in [0, 0.05) is 11.1 Å². The maximum absolute atomic E-state index is 6.72. The van der Waals surface area contributed by atoms with E-state index in [0.29, 0.717) is 22.4 Å². The first-order valence-electron chi connectivity index (χ1n) is 6.74. The molecule has 112 valence electrons. The Balaban J connectivity index is 2.39. The van der Waals surface area contributed by atoms with Crippen molar-refractivity contribution in [3.63, 3.8) is 0 Å². The molecule has 0 radical (unpaired) electrons. The average molecular weight is 317 g/mol. The van der Waals surface area contributed by atoms with Crippen molar-refractivity contribution in [2.45, 2.75) is 33.1 Å². The molecule has 1 aromatic carbocycles. The number of alkyl halides is 1. The van der Waals surface area contributed by atoms with Crippen LogP contribution in [0.25, 0.3) is 0 Å². The molecule has 1 fully saturated rings. The molecule has 0 heterocycles. The van der Waals surface area contributed by atoms with Crippen molar-refractivity contribution in [3.8, 4) is 11.5 Å². The van der Waals surface area contributed by atoms with E-state index in [9.17, 15) is 0 Å². The van der Waals surface area contributed by atoms with Gasteiger partial charge in [-0.1, -0.05) is 39.3 Å². The monoisotopic (exact) mass is 316 g/mol. The first-order valence-corrected chi connectivity index (χ1v) is 7.55. The number of ether oxygens (including phenoxy) is 2. The van der Waals surface area contributed by atoms with Crippen LogP contribution < -0.4 is 9.47 Å². The minimum absolute atomic E-state index is 0.132. The van der Waals surface area contributed by atoms with E-state index in [1.165, 1.54) is 0 Å². The Hall–Kier alpha value is -0.600. The normalized spacial score (nSPS) is 21.4. The quantitative estimate of drug-likeness (QED) is 0.700. The molecule has 1 aliphatic carbocycles. The fourth-order valence-corrected chi connectivity index (χ4v) is 4.38. The summed E-state index contributed by atoms with van der Waals surface area (Å²) in [7, 11) is 3.21. The molecule has 0 spiro atoms. The highest BCUT2D eigenvalue weighted by atomic mass is 35.5. The van der Waals surface area contributed by atoms with Gasteiger partial charge in [-0.2, -0.15) is 0 Å². The van der Waals surface area contributed by atoms with Gasteiger partial charge in [0.2, 0.25) is 0 Å². The lowest BCUT2D eigenvalue weighted by molar-refractivity contribution is 0.354. The van der Waals surface area contributed by atoms with E-state index in [1.807, 2.05) is 6.07 Å². The molecule has 1 saturated carbocycles. The van der Waals surface area contributed by atoms with Crippen molar-refractivity contribution in [2.75, 3.05) is 14.2 Å². The fourth-order valence-electron chi connectivity index (χ4n) is 3.24. The van der Waals surface area contributed by atoms with Crippen LogP contribution in [0.5, 0.6) is 11.5 Å². The van der Waals surface area contributed by atoms with E-state index in [4.69, 9.17) is 32.7 Å². The molecule has 1 atom stereocenters. The third-order valence-corrected chi connectivity index (χ3v) is 6.04. The molecule has 0 saturated heterocycles. The molecule has 0 N–H and O–H groups in total. The van der Waals surface area contributed by atoms with E-state index < -0.39 is 0 Å². The first kappa shape index (κ1) is 15.8. The van der Waals surface area contributed by atoms with Crippen LogP contribution in [-0.4, -0.2) is 14.2 Å². The molecular weight excluding hydrogens is 295 g/mol. The molecule has 0 bridgehead atoms. The van der Waals surface area contributed by atoms with E-state index in [-0.39, 0.29) is 16.2 Å². The number of hydrogen-bond donors (Lipinski definition) is 0. The molecule has 20 heavy (non-hydrogen) atoms. The zero-order chi connectivity index (χ0) is 15.3. The number of benzene rings is 1. The van der Waals surface area contributed by atoms with Crippen molar-refractivity contribution < 1.29 is 9.47 Å². The highest BCUT2D eigenvalue weighted by molar-refractivity contribution is 6.33. The fraction of sp³-hybridized carbons (Fsp3) is 0.625. The van der Waals surface area contributed by atoms with E-state index in [0.717, 1.165) is 5.56 Å². The molecule has 2 nitrogen and oxygen atoms in total. The van der Waals surface area contributed by atoms with Gasteiger partial charge in [0.1, 0.15) is 0 Å². The largest absolute Gasteiger partial charge is 0.493 e. The van der Waals surface area contributed by atoms with Crippen molar-refractivity contribution in [1.82, 2.24) is 0 Å². The summed E-state index contributed by atoms with van der Waals surface area (Å²) < 4.78 is 10.6. The summed E-state index contributed by atoms with van der Waals surface area (Å²) in [5.74, 6) is 1.67. The second-order valence-corrected chi connectivity index (χ2v) is 7.43. The van der Waals surface area contributed by atoms with Gasteiger partial charge in [-0.15, -0.1) is 11.6 Å². The minimum Gasteiger partial charge on any atom is -0.493 e. The predicted molar refractivity (Wildman–Crippen MR) is 84.2 cm³/mol. The molecular formula is C16H22Cl2O2. The van der Waals surface area contributed by atoms with Gasteiger partial charge < -0.3 is 9.47 Å². The summed E-state index contributed by atoms with van der Waals surface area (Å²) in [6, 6.07) is 3.66. The Kier molecular flexibility index (Phi) is 3.94. The molecule has 0 aromatic heterocycles. The zero-order valence-electron chi connectivity index (χ0n) is 12.9. The van der Waals surface area contributed by atoms with Crippen LogP contribution >= 0.6 is 23.2 Å². The summed E-state index contributed by atoms with van der Waals surface area (Å²) in [4.78, 5) is 0. The molecule has 0 aliphatic heterocycles. The van der Waals surface area contributed by atoms with Crippen LogP contribution in [0.1, 0.15) is 38.6 Å². The Morgan fingerprint density at radius 3 is 1.85 bits per heavy atom. The molecule has 4 heteroatoms. The Labute approximate surface area is 131 Å². The second kappa shape index (κ2) is 4.99. The van der Waals surface area contributed by atoms with E-state index >= 15 is 0 Å². The number of methoxy groups -OCH3 is 2. The maximum atomic E-state index is 6.72. The predicted octanol–water partition coefficient (Wildman–Crippen LogP) is 5.32. The van der Waals surface area contributed by atoms with Gasteiger partial charge in [-0.3, -0.25) is 0 Å². The Bertz CT molecular complexity index is 509. The van der Waals surface area contributed by atoms with Gasteiger partial charge in [-0.05, 0) is 28.4 Å². The van der Waals surface area contributed by atoms with Crippen LogP contribution in [0.3, 0.4) is 0 Å². The third kappa shape index (κ3) is 2.17. The molecule has 0 amide bonds. The van der Waals surface area contributed by atoms with E-state index in [2.05, 4.69) is 27.7 Å². The SMILES string of the molecule is COc1cc(Cl)c(C(Cl)C2C(C)(C)C2(C)C)cc1OC. The zero-order valence-corrected chi connectivity index (χ0v) is 14.4. The first-order chi connectivity index (χ1) is 9.18. The Morgan fingerprint density at radius 2 is 1.45 bits per heavy atom. The number of hydrogen-bond acceptors (Lipinski definition) is 2. The summed E-state index contributed by atoms with van der Waals surface area (Å²) in [6.07, 6.45) is 0. The number of rotatable bonds is 4. The minimum atomic E-state index is -0.132. The van der Waals surface area contributed by atoms with Gasteiger partial charge in [0.15, 0.2) is 11.5 Å². The van der Waals surface area contributed by atoms with E-state index in [1.54, 1.807) is 20.3 Å². The molecule has 2 rings (SSSR count). The van der Waals surface area contributed by atoms with Crippen molar-refractivity contribution in [1.29, 1.82) is 0 Å². The standard InChI is InChI=1S/C16H22Cl2O2/c1-15(2)14(16(15,3)4)13(18)9-7-11(19-5)12(20-6)8-10(9)17/h7-8,13-14H,1-6H3. The van der Waals surface area contributed by atoms with Crippen LogP contribution in [0, 0.1) is 16.7 Å². The summed E-state index contributed by atoms with van der Waals surface area (Å²) in [5.41, 5.74) is 1.32. The van der Waals surface area contributed by atoms with Gasteiger partial charge in [0.05, 0.1) is 19.6 Å². The van der Waals surface area contributed by atoms with Gasteiger partial charge >= 0.3 is 0 Å². The second-order valence-electron chi connectivity index (χ2n) is 6.55. The lowest BCUT2D eigenvalue weighted by atomic mass is 10.0. The summed E-state index contributed by atoms with van der Waals surface area (Å²) >= 11 is 13.1. The van der Waals surface area contributed by atoms with Crippen LogP contribution in [0.15, 0.2) is 12.1 Å². The van der Waals surface area contributed by atoms with Crippen LogP contribution in [0.4, 0.5) is 0 Å². The molecule has 1 aromatic rings. The topological polar surface area (TPSA) is 18.5 Å². The highest BCUT2D eigenvalue weighted by Gasteiger charge is 2.67. The lowest BCUT2D eigenvalue weighted by Crippen LogP contribution is -2.02. The highest BCUT2D eigenvalue weighted by Crippen LogP contribution is 2.74. The van der Waals surface area contributed by atoms with Gasteiger partial charge in [-0.25, -0.2) is 0 Å². The smallest absolute Gasteiger partial charge is 0.162 e. The molecule has 1 aliphatic rings. The van der Waals surface area contributed by atoms with Crippen molar-refractivity contribution >= 4 is 23.2 Å². The lowest BCUT2D eigenvalue weighted by Gasteiger charge is -2.17.